The average molecular weight is 1040 g/mol. The highest BCUT2D eigenvalue weighted by Crippen LogP contribution is 2.46. The Morgan fingerprint density at radius 1 is 0.301 bits per heavy atom. The van der Waals surface area contributed by atoms with Crippen LogP contribution in [0.1, 0.15) is 56.2 Å². The zero-order chi connectivity index (χ0) is 53.0. The average Bonchev–Trinajstić information content (AvgIpc) is 4.13. The summed E-state index contributed by atoms with van der Waals surface area (Å²) >= 11 is 0. The fraction of sp³-hybridized carbons (Fsp3) is 0.120. The molecule has 2 aliphatic rings. The minimum absolute atomic E-state index is 0.0109. The van der Waals surface area contributed by atoms with Gasteiger partial charge in [0.1, 0.15) is 5.75 Å². The van der Waals surface area contributed by atoms with E-state index in [4.69, 9.17) is 0 Å². The molecule has 23 heteroatoms. The molecule has 7 aromatic rings. The van der Waals surface area contributed by atoms with Gasteiger partial charge < -0.3 is 15.1 Å². The second-order valence-corrected chi connectivity index (χ2v) is 16.4. The van der Waals surface area contributed by atoms with Crippen LogP contribution >= 0.6 is 0 Å². The van der Waals surface area contributed by atoms with Crippen LogP contribution in [0.2, 0.25) is 0 Å². The molecule has 3 aromatic heterocycles. The van der Waals surface area contributed by atoms with Gasteiger partial charge in [-0.2, -0.15) is 79.0 Å². The van der Waals surface area contributed by atoms with Crippen molar-refractivity contribution in [2.75, 3.05) is 0 Å². The van der Waals surface area contributed by atoms with E-state index in [-0.39, 0.29) is 63.9 Å². The Hall–Kier alpha value is -7.98. The molecule has 5 heterocycles. The van der Waals surface area contributed by atoms with Crippen LogP contribution in [0, 0.1) is 0 Å². The highest BCUT2D eigenvalue weighted by Gasteiger charge is 2.40. The van der Waals surface area contributed by atoms with Gasteiger partial charge in [-0.1, -0.05) is 12.1 Å². The number of phenolic OH excluding ortho intramolecular Hbond substituents is 1. The number of nitrogens with zero attached hydrogens (tertiary/aromatic N) is 2. The van der Waals surface area contributed by atoms with Gasteiger partial charge in [0, 0.05) is 44.3 Å². The summed E-state index contributed by atoms with van der Waals surface area (Å²) < 4.78 is 259. The zero-order valence-corrected chi connectivity index (χ0v) is 35.8. The van der Waals surface area contributed by atoms with Gasteiger partial charge in [-0.25, -0.2) is 9.97 Å². The molecule has 376 valence electrons. The second kappa shape index (κ2) is 17.1. The molecule has 0 aliphatic carbocycles. The molecule has 0 saturated heterocycles. The van der Waals surface area contributed by atoms with Crippen molar-refractivity contribution in [1.82, 2.24) is 19.9 Å². The van der Waals surface area contributed by atoms with Crippen LogP contribution in [0.15, 0.2) is 103 Å². The van der Waals surface area contributed by atoms with Crippen molar-refractivity contribution in [3.63, 3.8) is 0 Å². The van der Waals surface area contributed by atoms with E-state index in [0.717, 1.165) is 30.4 Å². The van der Waals surface area contributed by atoms with Crippen LogP contribution in [0.5, 0.6) is 5.75 Å². The maximum absolute atomic E-state index is 14.4. The lowest BCUT2D eigenvalue weighted by Crippen LogP contribution is -2.11. The first kappa shape index (κ1) is 50.0. The summed E-state index contributed by atoms with van der Waals surface area (Å²) in [5.74, 6) is -0.356. The molecule has 9 rings (SSSR count). The number of aromatic amines is 2. The van der Waals surface area contributed by atoms with E-state index in [2.05, 4.69) is 19.9 Å². The van der Waals surface area contributed by atoms with Crippen LogP contribution in [0.3, 0.4) is 0 Å². The standard InChI is InChI=1S/C50H24F18N4O/c51-45(52,53)26-12-23(13-27(19-26)46(54,55)56)42-35-6-4-33(69-35)41(22-2-1-3-32(73)18-22)34-5-7-36(70-34)43(24-14-28(47(57,58)59)20-29(15-24)48(60,61)62)38-9-11-40(72-38)44(39-10-8-37(42)71-39)25-16-30(49(63,64)65)21-31(17-25)50(66,67)68/h1-21,69,72-73H. The van der Waals surface area contributed by atoms with Crippen molar-refractivity contribution < 1.29 is 84.1 Å². The number of phenols is 1. The molecule has 5 nitrogen and oxygen atoms in total. The number of nitrogens with one attached hydrogen (secondary N) is 2. The molecular formula is C50H24F18N4O. The van der Waals surface area contributed by atoms with Gasteiger partial charge in [0.25, 0.3) is 0 Å². The maximum atomic E-state index is 14.4. The van der Waals surface area contributed by atoms with Gasteiger partial charge in [-0.05, 0) is 138 Å². The molecular weight excluding hydrogens is 1010 g/mol. The van der Waals surface area contributed by atoms with Crippen LogP contribution in [-0.4, -0.2) is 25.0 Å². The van der Waals surface area contributed by atoms with Crippen LogP contribution < -0.4 is 0 Å². The molecule has 0 amide bonds. The van der Waals surface area contributed by atoms with Gasteiger partial charge >= 0.3 is 37.1 Å². The lowest BCUT2D eigenvalue weighted by molar-refractivity contribution is -0.144. The third kappa shape index (κ3) is 9.86. The third-order valence-electron chi connectivity index (χ3n) is 11.5. The van der Waals surface area contributed by atoms with Gasteiger partial charge in [-0.15, -0.1) is 0 Å². The first-order valence-electron chi connectivity index (χ1n) is 20.7. The van der Waals surface area contributed by atoms with E-state index in [1.54, 1.807) is 0 Å². The Labute approximate surface area is 396 Å². The lowest BCUT2D eigenvalue weighted by Gasteiger charge is -2.15. The number of alkyl halides is 18. The quantitative estimate of drug-likeness (QED) is 0.154. The summed E-state index contributed by atoms with van der Waals surface area (Å²) in [4.78, 5) is 14.5. The molecule has 0 saturated carbocycles. The highest BCUT2D eigenvalue weighted by molar-refractivity contribution is 6.00. The number of halogens is 18. The van der Waals surface area contributed by atoms with Crippen molar-refractivity contribution in [2.24, 2.45) is 0 Å². The summed E-state index contributed by atoms with van der Waals surface area (Å²) in [6, 6.07) is 11.0. The maximum Gasteiger partial charge on any atom is 0.416 e. The molecule has 3 N–H and O–H groups in total. The first-order chi connectivity index (χ1) is 33.8. The monoisotopic (exact) mass is 1040 g/mol. The van der Waals surface area contributed by atoms with E-state index in [0.29, 0.717) is 24.3 Å². The summed E-state index contributed by atoms with van der Waals surface area (Å²) in [5, 5.41) is 10.6. The fourth-order valence-corrected chi connectivity index (χ4v) is 8.38. The SMILES string of the molecule is Oc1cccc(-c2c3nc(c(-c4cc(C(F)(F)F)cc(C(F)(F)F)c4)c4ccc([nH]4)c(-c4cc(C(F)(F)F)cc(C(F)(F)F)c4)c4nc(c(-c5cc(C(F)(F)F)cc(C(F)(F)F)c5)c5ccc2[nH]5)C=C4)C=C3)c1. The minimum atomic E-state index is -5.47. The van der Waals surface area contributed by atoms with Crippen LogP contribution in [-0.2, 0) is 37.1 Å². The van der Waals surface area contributed by atoms with Gasteiger partial charge in [-0.3, -0.25) is 0 Å². The Morgan fingerprint density at radius 3 is 0.781 bits per heavy atom. The summed E-state index contributed by atoms with van der Waals surface area (Å²) in [6.07, 6.45) is -28.2. The number of H-pyrrole nitrogens is 2. The molecule has 0 radical (unpaired) electrons. The number of aromatic hydroxyl groups is 1. The van der Waals surface area contributed by atoms with Gasteiger partial charge in [0.05, 0.1) is 56.2 Å². The van der Waals surface area contributed by atoms with Crippen molar-refractivity contribution in [3.8, 4) is 50.3 Å². The van der Waals surface area contributed by atoms with E-state index >= 15 is 0 Å². The molecule has 0 atom stereocenters. The number of rotatable bonds is 4. The van der Waals surface area contributed by atoms with E-state index in [1.807, 2.05) is 0 Å². The Kier molecular flexibility index (Phi) is 11.7. The first-order valence-corrected chi connectivity index (χ1v) is 20.7. The van der Waals surface area contributed by atoms with E-state index in [9.17, 15) is 84.1 Å². The predicted octanol–water partition coefficient (Wildman–Crippen LogP) is 17.1. The summed E-state index contributed by atoms with van der Waals surface area (Å²) in [7, 11) is 0. The third-order valence-corrected chi connectivity index (χ3v) is 11.5. The molecule has 0 fully saturated rings. The van der Waals surface area contributed by atoms with Gasteiger partial charge in [0.2, 0.25) is 0 Å². The van der Waals surface area contributed by atoms with Crippen molar-refractivity contribution in [3.05, 3.63) is 159 Å². The van der Waals surface area contributed by atoms with Crippen molar-refractivity contribution in [2.45, 2.75) is 37.1 Å². The van der Waals surface area contributed by atoms with Crippen molar-refractivity contribution in [1.29, 1.82) is 0 Å². The Balaban J connectivity index is 1.53. The normalized spacial score (nSPS) is 13.6. The number of hydrogen-bond acceptors (Lipinski definition) is 3. The molecule has 4 aromatic carbocycles. The van der Waals surface area contributed by atoms with E-state index < -0.39 is 132 Å². The molecule has 0 spiro atoms. The predicted molar refractivity (Wildman–Crippen MR) is 232 cm³/mol. The Bertz CT molecular complexity index is 3450. The van der Waals surface area contributed by atoms with Crippen molar-refractivity contribution >= 4 is 46.4 Å². The summed E-state index contributed by atoms with van der Waals surface area (Å²) in [5.41, 5.74) is -18.0. The molecule has 8 bridgehead atoms. The molecule has 73 heavy (non-hydrogen) atoms. The number of fused-ring (bicyclic) bond motifs is 8. The molecule has 2 aliphatic heterocycles. The van der Waals surface area contributed by atoms with Crippen LogP contribution in [0.4, 0.5) is 79.0 Å². The van der Waals surface area contributed by atoms with Crippen LogP contribution in [0.25, 0.3) is 90.9 Å². The molecule has 0 unspecified atom stereocenters. The number of aromatic nitrogens is 4. The van der Waals surface area contributed by atoms with Gasteiger partial charge in [0.15, 0.2) is 0 Å². The fourth-order valence-electron chi connectivity index (χ4n) is 8.38. The lowest BCUT2D eigenvalue weighted by atomic mass is 9.97. The summed E-state index contributed by atoms with van der Waals surface area (Å²) in [6.45, 7) is 0. The smallest absolute Gasteiger partial charge is 0.416 e. The number of hydrogen-bond donors (Lipinski definition) is 3. The Morgan fingerprint density at radius 2 is 0.548 bits per heavy atom. The zero-order valence-electron chi connectivity index (χ0n) is 35.8. The highest BCUT2D eigenvalue weighted by atomic mass is 19.4. The minimum Gasteiger partial charge on any atom is -0.508 e. The second-order valence-electron chi connectivity index (χ2n) is 16.4. The van der Waals surface area contributed by atoms with E-state index in [1.165, 1.54) is 42.5 Å². The topological polar surface area (TPSA) is 77.6 Å². The number of benzene rings is 4. The largest absolute Gasteiger partial charge is 0.508 e.